The second-order valence-corrected chi connectivity index (χ2v) is 4.51. The smallest absolute Gasteiger partial charge is 0.233 e. The van der Waals surface area contributed by atoms with Gasteiger partial charge in [0.05, 0.1) is 15.4 Å². The highest BCUT2D eigenvalue weighted by molar-refractivity contribution is 9.09. The van der Waals surface area contributed by atoms with Crippen molar-refractivity contribution in [3.63, 3.8) is 0 Å². The molecule has 0 radical (unpaired) electrons. The highest BCUT2D eigenvalue weighted by Crippen LogP contribution is 2.23. The summed E-state index contributed by atoms with van der Waals surface area (Å²) in [6.45, 7) is 0.529. The highest BCUT2D eigenvalue weighted by atomic mass is 79.9. The molecule has 1 aromatic carbocycles. The summed E-state index contributed by atoms with van der Waals surface area (Å²) in [6, 6.07) is 5.35. The molecule has 1 aromatic rings. The molecule has 0 N–H and O–H groups in total. The summed E-state index contributed by atoms with van der Waals surface area (Å²) < 4.78 is 0. The molecule has 15 heavy (non-hydrogen) atoms. The molecule has 2 nitrogen and oxygen atoms in total. The first-order valence-corrected chi connectivity index (χ1v) is 6.16. The van der Waals surface area contributed by atoms with E-state index in [-0.39, 0.29) is 5.91 Å². The van der Waals surface area contributed by atoms with E-state index < -0.39 is 0 Å². The minimum Gasteiger partial charge on any atom is -0.341 e. The number of rotatable bonds is 3. The summed E-state index contributed by atoms with van der Waals surface area (Å²) in [4.78, 5) is 12.9. The van der Waals surface area contributed by atoms with E-state index in [1.165, 1.54) is 0 Å². The van der Waals surface area contributed by atoms with E-state index >= 15 is 0 Å². The van der Waals surface area contributed by atoms with Gasteiger partial charge < -0.3 is 4.90 Å². The van der Waals surface area contributed by atoms with Crippen molar-refractivity contribution in [1.29, 1.82) is 0 Å². The van der Waals surface area contributed by atoms with Crippen LogP contribution in [0, 0.1) is 0 Å². The van der Waals surface area contributed by atoms with Crippen LogP contribution in [-0.2, 0) is 11.3 Å². The van der Waals surface area contributed by atoms with Gasteiger partial charge in [0.2, 0.25) is 5.91 Å². The van der Waals surface area contributed by atoms with Crippen LogP contribution in [0.2, 0.25) is 10.0 Å². The van der Waals surface area contributed by atoms with Crippen molar-refractivity contribution in [3.8, 4) is 0 Å². The van der Waals surface area contributed by atoms with E-state index in [0.29, 0.717) is 21.9 Å². The maximum atomic E-state index is 11.3. The number of alkyl halides is 1. The Balaban J connectivity index is 2.73. The maximum Gasteiger partial charge on any atom is 0.233 e. The zero-order chi connectivity index (χ0) is 11.4. The fourth-order valence-corrected chi connectivity index (χ4v) is 1.85. The number of benzene rings is 1. The fraction of sp³-hybridized carbons (Fsp3) is 0.300. The summed E-state index contributed by atoms with van der Waals surface area (Å²) in [6.07, 6.45) is 0. The number of hydrogen-bond donors (Lipinski definition) is 0. The van der Waals surface area contributed by atoms with Gasteiger partial charge in [-0.3, -0.25) is 4.79 Å². The SMILES string of the molecule is CN(Cc1ccc(Cl)c(Cl)c1)C(=O)CBr. The molecule has 0 aliphatic carbocycles. The van der Waals surface area contributed by atoms with Crippen LogP contribution in [0.25, 0.3) is 0 Å². The Morgan fingerprint density at radius 3 is 2.60 bits per heavy atom. The average molecular weight is 311 g/mol. The van der Waals surface area contributed by atoms with Gasteiger partial charge in [-0.1, -0.05) is 45.2 Å². The Kier molecular flexibility index (Phi) is 4.90. The Labute approximate surface area is 107 Å². The topological polar surface area (TPSA) is 20.3 Å². The molecule has 0 atom stereocenters. The Hall–Kier alpha value is -0.250. The van der Waals surface area contributed by atoms with Crippen molar-refractivity contribution in [3.05, 3.63) is 33.8 Å². The molecule has 0 unspecified atom stereocenters. The molecule has 1 rings (SSSR count). The third-order valence-corrected chi connectivity index (χ3v) is 3.16. The van der Waals surface area contributed by atoms with Crippen LogP contribution in [0.1, 0.15) is 5.56 Å². The Bertz CT molecular complexity index is 370. The van der Waals surface area contributed by atoms with E-state index in [9.17, 15) is 4.79 Å². The molecule has 0 aliphatic rings. The minimum absolute atomic E-state index is 0.0288. The molecule has 0 aromatic heterocycles. The number of carbonyl (C=O) groups excluding carboxylic acids is 1. The molecule has 0 saturated carbocycles. The summed E-state index contributed by atoms with van der Waals surface area (Å²) in [5.74, 6) is 0.0288. The van der Waals surface area contributed by atoms with Crippen molar-refractivity contribution >= 4 is 45.0 Å². The second kappa shape index (κ2) is 5.73. The van der Waals surface area contributed by atoms with E-state index in [0.717, 1.165) is 5.56 Å². The summed E-state index contributed by atoms with van der Waals surface area (Å²) in [7, 11) is 1.74. The second-order valence-electron chi connectivity index (χ2n) is 3.13. The largest absolute Gasteiger partial charge is 0.341 e. The minimum atomic E-state index is 0.0288. The van der Waals surface area contributed by atoms with Gasteiger partial charge in [-0.25, -0.2) is 0 Å². The van der Waals surface area contributed by atoms with Crippen LogP contribution in [0.4, 0.5) is 0 Å². The van der Waals surface area contributed by atoms with E-state index in [1.54, 1.807) is 24.1 Å². The van der Waals surface area contributed by atoms with E-state index in [1.807, 2.05) is 6.07 Å². The van der Waals surface area contributed by atoms with Crippen LogP contribution < -0.4 is 0 Å². The van der Waals surface area contributed by atoms with E-state index in [4.69, 9.17) is 23.2 Å². The Morgan fingerprint density at radius 1 is 1.40 bits per heavy atom. The van der Waals surface area contributed by atoms with Crippen LogP contribution in [0.5, 0.6) is 0 Å². The third kappa shape index (κ3) is 3.67. The lowest BCUT2D eigenvalue weighted by Gasteiger charge is -2.16. The first-order chi connectivity index (χ1) is 7.04. The number of halogens is 3. The van der Waals surface area contributed by atoms with Crippen molar-refractivity contribution in [2.75, 3.05) is 12.4 Å². The first-order valence-electron chi connectivity index (χ1n) is 4.28. The molecular formula is C10H10BrCl2NO. The lowest BCUT2D eigenvalue weighted by Crippen LogP contribution is -2.26. The standard InChI is InChI=1S/C10H10BrCl2NO/c1-14(10(15)5-11)6-7-2-3-8(12)9(13)4-7/h2-4H,5-6H2,1H3. The van der Waals surface area contributed by atoms with Gasteiger partial charge in [0, 0.05) is 13.6 Å². The molecule has 0 fully saturated rings. The molecule has 0 bridgehead atoms. The van der Waals surface area contributed by atoms with Crippen LogP contribution >= 0.6 is 39.1 Å². The molecule has 1 amide bonds. The van der Waals surface area contributed by atoms with Gasteiger partial charge in [-0.05, 0) is 17.7 Å². The predicted octanol–water partition coefficient (Wildman–Crippen LogP) is 3.35. The van der Waals surface area contributed by atoms with Gasteiger partial charge in [0.15, 0.2) is 0 Å². The molecule has 82 valence electrons. The lowest BCUT2D eigenvalue weighted by atomic mass is 10.2. The number of nitrogens with zero attached hydrogens (tertiary/aromatic N) is 1. The molecular weight excluding hydrogens is 301 g/mol. The van der Waals surface area contributed by atoms with Gasteiger partial charge in [0.25, 0.3) is 0 Å². The Morgan fingerprint density at radius 2 is 2.07 bits per heavy atom. The summed E-state index contributed by atoms with van der Waals surface area (Å²) >= 11 is 14.8. The summed E-state index contributed by atoms with van der Waals surface area (Å²) in [5, 5.41) is 1.36. The molecule has 0 heterocycles. The molecule has 0 spiro atoms. The molecule has 0 aliphatic heterocycles. The van der Waals surface area contributed by atoms with E-state index in [2.05, 4.69) is 15.9 Å². The monoisotopic (exact) mass is 309 g/mol. The molecule has 0 saturated heterocycles. The van der Waals surface area contributed by atoms with Crippen molar-refractivity contribution in [2.45, 2.75) is 6.54 Å². The highest BCUT2D eigenvalue weighted by Gasteiger charge is 2.08. The third-order valence-electron chi connectivity index (χ3n) is 1.94. The summed E-state index contributed by atoms with van der Waals surface area (Å²) in [5.41, 5.74) is 0.959. The van der Waals surface area contributed by atoms with Gasteiger partial charge in [0.1, 0.15) is 0 Å². The van der Waals surface area contributed by atoms with Gasteiger partial charge in [-0.2, -0.15) is 0 Å². The number of hydrogen-bond acceptors (Lipinski definition) is 1. The normalized spacial score (nSPS) is 10.1. The molecule has 5 heteroatoms. The fourth-order valence-electron chi connectivity index (χ4n) is 1.10. The van der Waals surface area contributed by atoms with Crippen molar-refractivity contribution in [1.82, 2.24) is 4.90 Å². The van der Waals surface area contributed by atoms with Gasteiger partial charge in [-0.15, -0.1) is 0 Å². The quantitative estimate of drug-likeness (QED) is 0.784. The number of amides is 1. The van der Waals surface area contributed by atoms with Crippen LogP contribution in [0.15, 0.2) is 18.2 Å². The van der Waals surface area contributed by atoms with Gasteiger partial charge >= 0.3 is 0 Å². The van der Waals surface area contributed by atoms with Crippen molar-refractivity contribution in [2.24, 2.45) is 0 Å². The number of carbonyl (C=O) groups is 1. The van der Waals surface area contributed by atoms with Crippen LogP contribution in [-0.4, -0.2) is 23.2 Å². The zero-order valence-corrected chi connectivity index (χ0v) is 11.2. The van der Waals surface area contributed by atoms with Crippen molar-refractivity contribution < 1.29 is 4.79 Å². The maximum absolute atomic E-state index is 11.3. The lowest BCUT2D eigenvalue weighted by molar-refractivity contribution is -0.127. The predicted molar refractivity (Wildman–Crippen MR) is 66.7 cm³/mol. The average Bonchev–Trinajstić information content (AvgIpc) is 2.22. The first kappa shape index (κ1) is 12.8. The zero-order valence-electron chi connectivity index (χ0n) is 8.14. The van der Waals surface area contributed by atoms with Crippen LogP contribution in [0.3, 0.4) is 0 Å².